The third-order valence-electron chi connectivity index (χ3n) is 3.46. The van der Waals surface area contributed by atoms with Gasteiger partial charge >= 0.3 is 0 Å². The van der Waals surface area contributed by atoms with Crippen molar-refractivity contribution in [2.75, 3.05) is 16.8 Å². The smallest absolute Gasteiger partial charge is 0.138 e. The summed E-state index contributed by atoms with van der Waals surface area (Å²) >= 11 is 0. The van der Waals surface area contributed by atoms with Gasteiger partial charge < -0.3 is 10.2 Å². The third kappa shape index (κ3) is 2.14. The number of hydrogen-bond acceptors (Lipinski definition) is 4. The number of nitrogens with one attached hydrogen (secondary N) is 1. The Labute approximate surface area is 113 Å². The van der Waals surface area contributed by atoms with E-state index in [2.05, 4.69) is 58.3 Å². The number of rotatable bonds is 3. The Bertz CT molecular complexity index is 582. The minimum atomic E-state index is 0.432. The van der Waals surface area contributed by atoms with Crippen LogP contribution in [-0.2, 0) is 6.42 Å². The van der Waals surface area contributed by atoms with E-state index in [-0.39, 0.29) is 0 Å². The maximum absolute atomic E-state index is 4.43. The highest BCUT2D eigenvalue weighted by Gasteiger charge is 2.27. The maximum atomic E-state index is 4.43. The number of anilines is 3. The second kappa shape index (κ2) is 4.88. The van der Waals surface area contributed by atoms with Crippen molar-refractivity contribution in [3.05, 3.63) is 42.2 Å². The molecule has 0 saturated heterocycles. The first-order valence-corrected chi connectivity index (χ1v) is 6.72. The first kappa shape index (κ1) is 12.0. The molecular weight excluding hydrogens is 236 g/mol. The van der Waals surface area contributed by atoms with Crippen molar-refractivity contribution in [1.82, 2.24) is 9.97 Å². The predicted molar refractivity (Wildman–Crippen MR) is 77.9 cm³/mol. The highest BCUT2D eigenvalue weighted by Crippen LogP contribution is 2.37. The van der Waals surface area contributed by atoms with Crippen molar-refractivity contribution in [3.63, 3.8) is 0 Å². The molecule has 2 aromatic rings. The SMILES string of the molecule is CCNc1cc(N2c3ccccc3CC2C)ncn1. The van der Waals surface area contributed by atoms with Crippen molar-refractivity contribution in [2.24, 2.45) is 0 Å². The highest BCUT2D eigenvalue weighted by molar-refractivity contribution is 5.69. The molecule has 1 aromatic carbocycles. The van der Waals surface area contributed by atoms with Gasteiger partial charge in [0.1, 0.15) is 18.0 Å². The van der Waals surface area contributed by atoms with E-state index < -0.39 is 0 Å². The normalized spacial score (nSPS) is 17.4. The fourth-order valence-electron chi connectivity index (χ4n) is 2.67. The van der Waals surface area contributed by atoms with Crippen LogP contribution in [0.3, 0.4) is 0 Å². The van der Waals surface area contributed by atoms with E-state index in [4.69, 9.17) is 0 Å². The summed E-state index contributed by atoms with van der Waals surface area (Å²) in [6.45, 7) is 5.16. The third-order valence-corrected chi connectivity index (χ3v) is 3.46. The summed E-state index contributed by atoms with van der Waals surface area (Å²) in [6, 6.07) is 11.0. The lowest BCUT2D eigenvalue weighted by molar-refractivity contribution is 0.749. The van der Waals surface area contributed by atoms with Gasteiger partial charge in [0.2, 0.25) is 0 Å². The number of aromatic nitrogens is 2. The molecule has 1 atom stereocenters. The molecule has 19 heavy (non-hydrogen) atoms. The number of nitrogens with zero attached hydrogens (tertiary/aromatic N) is 3. The summed E-state index contributed by atoms with van der Waals surface area (Å²) in [5, 5.41) is 3.23. The number of hydrogen-bond donors (Lipinski definition) is 1. The monoisotopic (exact) mass is 254 g/mol. The van der Waals surface area contributed by atoms with E-state index in [0.717, 1.165) is 24.6 Å². The van der Waals surface area contributed by atoms with Gasteiger partial charge in [0.05, 0.1) is 0 Å². The van der Waals surface area contributed by atoms with Crippen LogP contribution >= 0.6 is 0 Å². The average molecular weight is 254 g/mol. The molecule has 1 unspecified atom stereocenters. The van der Waals surface area contributed by atoms with Gasteiger partial charge in [-0.05, 0) is 31.9 Å². The van der Waals surface area contributed by atoms with Crippen molar-refractivity contribution in [2.45, 2.75) is 26.3 Å². The van der Waals surface area contributed by atoms with Crippen LogP contribution in [0.2, 0.25) is 0 Å². The second-order valence-electron chi connectivity index (χ2n) is 4.84. The Balaban J connectivity index is 2.00. The Kier molecular flexibility index (Phi) is 3.07. The standard InChI is InChI=1S/C15H18N4/c1-3-16-14-9-15(18-10-17-14)19-11(2)8-12-6-4-5-7-13(12)19/h4-7,9-11H,3,8H2,1-2H3,(H,16,17,18). The molecule has 4 nitrogen and oxygen atoms in total. The van der Waals surface area contributed by atoms with Crippen LogP contribution in [0.1, 0.15) is 19.4 Å². The van der Waals surface area contributed by atoms with Gasteiger partial charge in [-0.15, -0.1) is 0 Å². The summed E-state index contributed by atoms with van der Waals surface area (Å²) in [5.74, 6) is 1.84. The number of fused-ring (bicyclic) bond motifs is 1. The van der Waals surface area contributed by atoms with Crippen LogP contribution < -0.4 is 10.2 Å². The Morgan fingerprint density at radius 2 is 2.16 bits per heavy atom. The van der Waals surface area contributed by atoms with Gasteiger partial charge in [0.15, 0.2) is 0 Å². The van der Waals surface area contributed by atoms with Crippen LogP contribution in [0.15, 0.2) is 36.7 Å². The van der Waals surface area contributed by atoms with Gasteiger partial charge in [-0.3, -0.25) is 0 Å². The van der Waals surface area contributed by atoms with Crippen molar-refractivity contribution in [1.29, 1.82) is 0 Å². The quantitative estimate of drug-likeness (QED) is 0.914. The number of para-hydroxylation sites is 1. The minimum Gasteiger partial charge on any atom is -0.370 e. The molecule has 3 rings (SSSR count). The molecule has 98 valence electrons. The first-order valence-electron chi connectivity index (χ1n) is 6.72. The van der Waals surface area contributed by atoms with Crippen LogP contribution in [0.4, 0.5) is 17.3 Å². The molecule has 2 heterocycles. The van der Waals surface area contributed by atoms with Gasteiger partial charge in [-0.2, -0.15) is 0 Å². The predicted octanol–water partition coefficient (Wildman–Crippen LogP) is 2.99. The van der Waals surface area contributed by atoms with Crippen LogP contribution in [-0.4, -0.2) is 22.6 Å². The van der Waals surface area contributed by atoms with Gasteiger partial charge in [0.25, 0.3) is 0 Å². The van der Waals surface area contributed by atoms with E-state index in [1.165, 1.54) is 11.3 Å². The molecule has 0 radical (unpaired) electrons. The van der Waals surface area contributed by atoms with E-state index in [1.807, 2.05) is 6.07 Å². The summed E-state index contributed by atoms with van der Waals surface area (Å²) in [7, 11) is 0. The van der Waals surface area contributed by atoms with Crippen LogP contribution in [0, 0.1) is 0 Å². The zero-order valence-electron chi connectivity index (χ0n) is 11.3. The Morgan fingerprint density at radius 3 is 3.00 bits per heavy atom. The van der Waals surface area contributed by atoms with Crippen molar-refractivity contribution in [3.8, 4) is 0 Å². The average Bonchev–Trinajstić information content (AvgIpc) is 2.75. The summed E-state index contributed by atoms with van der Waals surface area (Å²) in [5.41, 5.74) is 2.65. The lowest BCUT2D eigenvalue weighted by Crippen LogP contribution is -2.25. The van der Waals surface area contributed by atoms with Crippen LogP contribution in [0.5, 0.6) is 0 Å². The molecule has 0 saturated carbocycles. The molecule has 1 aliphatic heterocycles. The zero-order chi connectivity index (χ0) is 13.2. The lowest BCUT2D eigenvalue weighted by atomic mass is 10.1. The topological polar surface area (TPSA) is 41.0 Å². The molecule has 0 aliphatic carbocycles. The zero-order valence-corrected chi connectivity index (χ0v) is 11.3. The van der Waals surface area contributed by atoms with E-state index in [9.17, 15) is 0 Å². The fourth-order valence-corrected chi connectivity index (χ4v) is 2.67. The molecule has 0 bridgehead atoms. The second-order valence-corrected chi connectivity index (χ2v) is 4.84. The summed E-state index contributed by atoms with van der Waals surface area (Å²) in [6.07, 6.45) is 2.69. The Hall–Kier alpha value is -2.10. The Morgan fingerprint density at radius 1 is 1.32 bits per heavy atom. The van der Waals surface area contributed by atoms with Gasteiger partial charge in [-0.25, -0.2) is 9.97 Å². The van der Waals surface area contributed by atoms with Gasteiger partial charge in [-0.1, -0.05) is 18.2 Å². The molecule has 0 spiro atoms. The van der Waals surface area contributed by atoms with Crippen molar-refractivity contribution < 1.29 is 0 Å². The maximum Gasteiger partial charge on any atom is 0.138 e. The largest absolute Gasteiger partial charge is 0.370 e. The molecule has 0 fully saturated rings. The van der Waals surface area contributed by atoms with Gasteiger partial charge in [0, 0.05) is 24.3 Å². The van der Waals surface area contributed by atoms with E-state index in [0.29, 0.717) is 6.04 Å². The van der Waals surface area contributed by atoms with Crippen molar-refractivity contribution >= 4 is 17.3 Å². The summed E-state index contributed by atoms with van der Waals surface area (Å²) in [4.78, 5) is 10.9. The molecule has 1 N–H and O–H groups in total. The number of benzene rings is 1. The first-order chi connectivity index (χ1) is 9.29. The molecule has 4 heteroatoms. The van der Waals surface area contributed by atoms with E-state index >= 15 is 0 Å². The minimum absolute atomic E-state index is 0.432. The fraction of sp³-hybridized carbons (Fsp3) is 0.333. The molecule has 0 amide bonds. The van der Waals surface area contributed by atoms with Crippen LogP contribution in [0.25, 0.3) is 0 Å². The highest BCUT2D eigenvalue weighted by atomic mass is 15.2. The summed E-state index contributed by atoms with van der Waals surface area (Å²) < 4.78 is 0. The molecule has 1 aliphatic rings. The molecular formula is C15H18N4. The molecule has 1 aromatic heterocycles. The van der Waals surface area contributed by atoms with E-state index in [1.54, 1.807) is 6.33 Å². The lowest BCUT2D eigenvalue weighted by Gasteiger charge is -2.24.